The fourth-order valence-electron chi connectivity index (χ4n) is 5.89. The average molecular weight is 531 g/mol. The highest BCUT2D eigenvalue weighted by Gasteiger charge is 2.40. The summed E-state index contributed by atoms with van der Waals surface area (Å²) >= 11 is 0. The lowest BCUT2D eigenvalue weighted by molar-refractivity contribution is -0.123. The predicted octanol–water partition coefficient (Wildman–Crippen LogP) is 6.12. The fourth-order valence-corrected chi connectivity index (χ4v) is 5.89. The van der Waals surface area contributed by atoms with Gasteiger partial charge in [-0.05, 0) is 75.1 Å². The molecule has 204 valence electrons. The summed E-state index contributed by atoms with van der Waals surface area (Å²) in [5, 5.41) is 18.0. The lowest BCUT2D eigenvalue weighted by Gasteiger charge is -2.42. The second-order valence-electron chi connectivity index (χ2n) is 10.7. The van der Waals surface area contributed by atoms with E-state index in [1.165, 1.54) is 0 Å². The Hall–Kier alpha value is -3.78. The normalized spacial score (nSPS) is 20.9. The predicted molar refractivity (Wildman–Crippen MR) is 150 cm³/mol. The maximum absolute atomic E-state index is 15.1. The van der Waals surface area contributed by atoms with Crippen LogP contribution < -0.4 is 16.0 Å². The van der Waals surface area contributed by atoms with Gasteiger partial charge in [-0.15, -0.1) is 0 Å². The van der Waals surface area contributed by atoms with Crippen LogP contribution in [0.4, 0.5) is 14.9 Å². The van der Waals surface area contributed by atoms with Crippen molar-refractivity contribution in [3.63, 3.8) is 0 Å². The van der Waals surface area contributed by atoms with Crippen LogP contribution >= 0.6 is 0 Å². The zero-order valence-electron chi connectivity index (χ0n) is 22.1. The average Bonchev–Trinajstić information content (AvgIpc) is 2.95. The maximum Gasteiger partial charge on any atom is 0.405 e. The molecule has 0 radical (unpaired) electrons. The first-order chi connectivity index (χ1) is 18.9. The van der Waals surface area contributed by atoms with E-state index in [1.807, 2.05) is 67.7 Å². The summed E-state index contributed by atoms with van der Waals surface area (Å²) in [5.74, 6) is -0.902. The minimum Gasteiger partial charge on any atom is -0.465 e. The van der Waals surface area contributed by atoms with Gasteiger partial charge in [-0.2, -0.15) is 0 Å². The van der Waals surface area contributed by atoms with Crippen molar-refractivity contribution < 1.29 is 19.1 Å². The van der Waals surface area contributed by atoms with Gasteiger partial charge in [0, 0.05) is 17.2 Å². The molecule has 1 heterocycles. The first-order valence-corrected chi connectivity index (χ1v) is 13.7. The summed E-state index contributed by atoms with van der Waals surface area (Å²) in [6.07, 6.45) is 4.62. The second kappa shape index (κ2) is 11.5. The number of anilines is 1. The molecule has 0 bridgehead atoms. The third kappa shape index (κ3) is 5.81. The molecular formula is C31H35FN4O3. The fraction of sp³-hybridized carbons (Fsp3) is 0.387. The molecule has 2 aliphatic carbocycles. The van der Waals surface area contributed by atoms with Crippen LogP contribution in [0, 0.1) is 5.92 Å². The highest BCUT2D eigenvalue weighted by atomic mass is 19.1. The highest BCUT2D eigenvalue weighted by molar-refractivity contribution is 5.95. The van der Waals surface area contributed by atoms with Crippen molar-refractivity contribution in [2.24, 2.45) is 5.92 Å². The van der Waals surface area contributed by atoms with Gasteiger partial charge in [0.15, 0.2) is 6.17 Å². The number of hydrogen-bond acceptors (Lipinski definition) is 4. The van der Waals surface area contributed by atoms with Gasteiger partial charge in [-0.1, -0.05) is 54.6 Å². The van der Waals surface area contributed by atoms with Crippen molar-refractivity contribution >= 4 is 17.7 Å². The Morgan fingerprint density at radius 1 is 1.00 bits per heavy atom. The Kier molecular flexibility index (Phi) is 7.93. The number of aromatic nitrogens is 1. The van der Waals surface area contributed by atoms with Gasteiger partial charge in [0.1, 0.15) is 0 Å². The number of halogens is 1. The van der Waals surface area contributed by atoms with Gasteiger partial charge in [-0.25, -0.2) is 9.18 Å². The van der Waals surface area contributed by atoms with Gasteiger partial charge < -0.3 is 21.1 Å². The van der Waals surface area contributed by atoms with Crippen LogP contribution in [0.2, 0.25) is 0 Å². The number of nitrogens with zero attached hydrogens (tertiary/aromatic N) is 1. The second-order valence-corrected chi connectivity index (χ2v) is 10.7. The van der Waals surface area contributed by atoms with Gasteiger partial charge in [0.05, 0.1) is 23.1 Å². The third-order valence-electron chi connectivity index (χ3n) is 8.35. The number of nitrogens with one attached hydrogen (secondary N) is 3. The van der Waals surface area contributed by atoms with E-state index >= 15 is 4.39 Å². The molecule has 2 amide bonds. The molecule has 39 heavy (non-hydrogen) atoms. The number of pyridine rings is 1. The molecule has 8 heteroatoms. The van der Waals surface area contributed by atoms with Crippen LogP contribution in [0.1, 0.15) is 50.5 Å². The third-order valence-corrected chi connectivity index (χ3v) is 8.35. The lowest BCUT2D eigenvalue weighted by atomic mass is 9.71. The topological polar surface area (TPSA) is 103 Å². The molecule has 4 N–H and O–H groups in total. The van der Waals surface area contributed by atoms with Crippen LogP contribution in [0.15, 0.2) is 66.9 Å². The molecule has 1 aromatic heterocycles. The Bertz CT molecular complexity index is 1300. The molecule has 1 unspecified atom stereocenters. The number of carbonyl (C=O) groups is 2. The SMILES string of the molecule is CN[C@H]1CC[C@H](C(F)C(=O)Nc2cnc(-c3ccc(C4(NC(=O)O)CCC4)cc3)c(-c3ccccc3)c2)CC1. The van der Waals surface area contributed by atoms with E-state index < -0.39 is 23.7 Å². The number of hydrogen-bond donors (Lipinski definition) is 4. The van der Waals surface area contributed by atoms with E-state index in [1.54, 1.807) is 6.20 Å². The van der Waals surface area contributed by atoms with Gasteiger partial charge in [0.25, 0.3) is 5.91 Å². The first kappa shape index (κ1) is 26.8. The van der Waals surface area contributed by atoms with E-state index in [-0.39, 0.29) is 5.92 Å². The van der Waals surface area contributed by atoms with Gasteiger partial charge in [-0.3, -0.25) is 9.78 Å². The van der Waals surface area contributed by atoms with Crippen LogP contribution in [-0.2, 0) is 10.3 Å². The smallest absolute Gasteiger partial charge is 0.405 e. The standard InChI is InChI=1S/C31H35FN4O3/c1-33-24-14-10-21(11-15-24)27(32)29(37)35-25-18-26(20-6-3-2-4-7-20)28(34-19-25)22-8-12-23(13-9-22)31(16-5-17-31)36-30(38)39/h2-4,6-9,12-13,18-19,21,24,27,33,36H,5,10-11,14-17H2,1H3,(H,35,37)(H,38,39)/t21-,24-,27?. The Balaban J connectivity index is 1.39. The summed E-state index contributed by atoms with van der Waals surface area (Å²) in [4.78, 5) is 28.9. The molecule has 2 aliphatic rings. The number of alkyl halides is 1. The van der Waals surface area contributed by atoms with Crippen molar-refractivity contribution in [3.05, 3.63) is 72.4 Å². The summed E-state index contributed by atoms with van der Waals surface area (Å²) in [7, 11) is 1.92. The van der Waals surface area contributed by atoms with Crippen LogP contribution in [0.3, 0.4) is 0 Å². The Labute approximate surface area is 228 Å². The van der Waals surface area contributed by atoms with E-state index in [9.17, 15) is 14.7 Å². The molecular weight excluding hydrogens is 495 g/mol. The molecule has 2 fully saturated rings. The van der Waals surface area contributed by atoms with Crippen molar-refractivity contribution in [1.82, 2.24) is 15.6 Å². The summed E-state index contributed by atoms with van der Waals surface area (Å²) < 4.78 is 15.1. The number of rotatable bonds is 8. The van der Waals surface area contributed by atoms with Crippen LogP contribution in [0.25, 0.3) is 22.4 Å². The number of carbonyl (C=O) groups excluding carboxylic acids is 1. The van der Waals surface area contributed by atoms with Crippen molar-refractivity contribution in [2.45, 2.75) is 62.7 Å². The summed E-state index contributed by atoms with van der Waals surface area (Å²) in [6.45, 7) is 0. The molecule has 5 rings (SSSR count). The minimum atomic E-state index is -1.56. The molecule has 0 aliphatic heterocycles. The minimum absolute atomic E-state index is 0.275. The van der Waals surface area contributed by atoms with E-state index in [4.69, 9.17) is 4.98 Å². The lowest BCUT2D eigenvalue weighted by Crippen LogP contribution is -2.50. The van der Waals surface area contributed by atoms with Crippen LogP contribution in [0.5, 0.6) is 0 Å². The summed E-state index contributed by atoms with van der Waals surface area (Å²) in [6, 6.07) is 19.8. The number of benzene rings is 2. The Morgan fingerprint density at radius 2 is 1.69 bits per heavy atom. The van der Waals surface area contributed by atoms with E-state index in [0.717, 1.165) is 60.1 Å². The van der Waals surface area contributed by atoms with Gasteiger partial charge in [0.2, 0.25) is 0 Å². The molecule has 2 saturated carbocycles. The van der Waals surface area contributed by atoms with Crippen molar-refractivity contribution in [3.8, 4) is 22.4 Å². The zero-order chi connectivity index (χ0) is 27.4. The highest BCUT2D eigenvalue weighted by Crippen LogP contribution is 2.42. The molecule has 3 aromatic rings. The zero-order valence-corrected chi connectivity index (χ0v) is 22.1. The number of amides is 2. The quantitative estimate of drug-likeness (QED) is 0.281. The molecule has 0 spiro atoms. The monoisotopic (exact) mass is 530 g/mol. The molecule has 2 aromatic carbocycles. The Morgan fingerprint density at radius 3 is 2.28 bits per heavy atom. The van der Waals surface area contributed by atoms with Crippen molar-refractivity contribution in [2.75, 3.05) is 12.4 Å². The molecule has 1 atom stereocenters. The first-order valence-electron chi connectivity index (χ1n) is 13.7. The van der Waals surface area contributed by atoms with Crippen LogP contribution in [-0.4, -0.2) is 41.4 Å². The summed E-state index contributed by atoms with van der Waals surface area (Å²) in [5.41, 5.74) is 4.17. The molecule has 0 saturated heterocycles. The van der Waals surface area contributed by atoms with Gasteiger partial charge >= 0.3 is 6.09 Å². The number of carboxylic acid groups (broad SMARTS) is 1. The largest absolute Gasteiger partial charge is 0.465 e. The maximum atomic E-state index is 15.1. The van der Waals surface area contributed by atoms with E-state index in [0.29, 0.717) is 24.6 Å². The van der Waals surface area contributed by atoms with E-state index in [2.05, 4.69) is 16.0 Å². The van der Waals surface area contributed by atoms with Crippen molar-refractivity contribution in [1.29, 1.82) is 0 Å². The molecule has 7 nitrogen and oxygen atoms in total.